The van der Waals surface area contributed by atoms with E-state index in [4.69, 9.17) is 11.6 Å². The van der Waals surface area contributed by atoms with Crippen LogP contribution in [-0.2, 0) is 6.54 Å². The largest absolute Gasteiger partial charge is 0.322 e. The van der Waals surface area contributed by atoms with Crippen molar-refractivity contribution in [1.82, 2.24) is 15.1 Å². The Bertz CT molecular complexity index is 822. The lowest BCUT2D eigenvalue weighted by Crippen LogP contribution is -2.49. The number of hydrogen-bond acceptors (Lipinski definition) is 4. The Morgan fingerprint density at radius 2 is 1.93 bits per heavy atom. The molecule has 1 atom stereocenters. The number of benzene rings is 2. The molecule has 0 aliphatic carbocycles. The highest BCUT2D eigenvalue weighted by Crippen LogP contribution is 2.21. The maximum Gasteiger partial charge on any atom is 0.257 e. The number of rotatable bonds is 5. The number of hydrogen-bond donors (Lipinski definition) is 2. The van der Waals surface area contributed by atoms with Crippen molar-refractivity contribution in [3.8, 4) is 0 Å². The standard InChI is InChI=1S/C22H27ClN4O/c23-21-7-2-1-6-20(21)22(28)25-18-5-3-4-17(14-18)15-26-11-8-19(16-26)27-12-9-24-10-13-27/h1-7,14,19,24H,8-13,15-16H2,(H,25,28). The zero-order valence-electron chi connectivity index (χ0n) is 16.0. The van der Waals surface area contributed by atoms with Crippen molar-refractivity contribution in [2.24, 2.45) is 0 Å². The van der Waals surface area contributed by atoms with E-state index in [1.807, 2.05) is 24.3 Å². The van der Waals surface area contributed by atoms with Gasteiger partial charge >= 0.3 is 0 Å². The first-order valence-corrected chi connectivity index (χ1v) is 10.4. The molecule has 0 aromatic heterocycles. The van der Waals surface area contributed by atoms with Crippen LogP contribution in [0.2, 0.25) is 5.02 Å². The highest BCUT2D eigenvalue weighted by atomic mass is 35.5. The van der Waals surface area contributed by atoms with E-state index in [9.17, 15) is 4.79 Å². The van der Waals surface area contributed by atoms with Gasteiger partial charge in [-0.2, -0.15) is 0 Å². The number of carbonyl (C=O) groups is 1. The first-order chi connectivity index (χ1) is 13.7. The van der Waals surface area contributed by atoms with Crippen molar-refractivity contribution in [3.63, 3.8) is 0 Å². The minimum Gasteiger partial charge on any atom is -0.322 e. The molecule has 0 saturated carbocycles. The van der Waals surface area contributed by atoms with Gasteiger partial charge in [0.15, 0.2) is 0 Å². The summed E-state index contributed by atoms with van der Waals surface area (Å²) in [6.45, 7) is 7.68. The molecule has 2 aliphatic heterocycles. The maximum absolute atomic E-state index is 12.5. The summed E-state index contributed by atoms with van der Waals surface area (Å²) >= 11 is 6.13. The van der Waals surface area contributed by atoms with Crippen LogP contribution in [0.15, 0.2) is 48.5 Å². The van der Waals surface area contributed by atoms with Crippen molar-refractivity contribution in [3.05, 3.63) is 64.7 Å². The van der Waals surface area contributed by atoms with Gasteiger partial charge < -0.3 is 10.6 Å². The van der Waals surface area contributed by atoms with E-state index in [2.05, 4.69) is 32.6 Å². The smallest absolute Gasteiger partial charge is 0.257 e. The number of carbonyl (C=O) groups excluding carboxylic acids is 1. The summed E-state index contributed by atoms with van der Waals surface area (Å²) in [5.41, 5.74) is 2.52. The molecule has 5 nitrogen and oxygen atoms in total. The third-order valence-corrected chi connectivity index (χ3v) is 5.95. The molecule has 2 heterocycles. The Balaban J connectivity index is 1.35. The van der Waals surface area contributed by atoms with Gasteiger partial charge in [-0.05, 0) is 36.2 Å². The number of anilines is 1. The lowest BCUT2D eigenvalue weighted by Gasteiger charge is -2.32. The van der Waals surface area contributed by atoms with E-state index >= 15 is 0 Å². The van der Waals surface area contributed by atoms with Crippen LogP contribution in [-0.4, -0.2) is 61.0 Å². The molecule has 2 aromatic rings. The van der Waals surface area contributed by atoms with Gasteiger partial charge in [-0.25, -0.2) is 0 Å². The van der Waals surface area contributed by atoms with Crippen molar-refractivity contribution >= 4 is 23.2 Å². The number of likely N-dealkylation sites (tertiary alicyclic amines) is 1. The van der Waals surface area contributed by atoms with E-state index < -0.39 is 0 Å². The Morgan fingerprint density at radius 3 is 2.75 bits per heavy atom. The second-order valence-corrected chi connectivity index (χ2v) is 8.01. The molecule has 2 aromatic carbocycles. The van der Waals surface area contributed by atoms with Gasteiger partial charge in [-0.15, -0.1) is 0 Å². The van der Waals surface area contributed by atoms with Crippen molar-refractivity contribution in [1.29, 1.82) is 0 Å². The lowest BCUT2D eigenvalue weighted by atomic mass is 10.1. The molecule has 0 radical (unpaired) electrons. The fourth-order valence-corrected chi connectivity index (χ4v) is 4.37. The molecule has 28 heavy (non-hydrogen) atoms. The normalized spacial score (nSPS) is 21.0. The molecular weight excluding hydrogens is 372 g/mol. The van der Waals surface area contributed by atoms with Crippen LogP contribution in [0.5, 0.6) is 0 Å². The van der Waals surface area contributed by atoms with E-state index in [1.54, 1.807) is 12.1 Å². The zero-order chi connectivity index (χ0) is 19.3. The maximum atomic E-state index is 12.5. The van der Waals surface area contributed by atoms with Crippen LogP contribution in [0, 0.1) is 0 Å². The van der Waals surface area contributed by atoms with Gasteiger partial charge in [0.2, 0.25) is 0 Å². The summed E-state index contributed by atoms with van der Waals surface area (Å²) in [7, 11) is 0. The number of nitrogens with one attached hydrogen (secondary N) is 2. The highest BCUT2D eigenvalue weighted by Gasteiger charge is 2.28. The first kappa shape index (κ1) is 19.4. The van der Waals surface area contributed by atoms with Crippen LogP contribution in [0.3, 0.4) is 0 Å². The molecule has 0 spiro atoms. The summed E-state index contributed by atoms with van der Waals surface area (Å²) in [6, 6.07) is 15.9. The SMILES string of the molecule is O=C(Nc1cccc(CN2CCC(N3CCNCC3)C2)c1)c1ccccc1Cl. The third-order valence-electron chi connectivity index (χ3n) is 5.62. The number of nitrogens with zero attached hydrogens (tertiary/aromatic N) is 2. The van der Waals surface area contributed by atoms with Crippen LogP contribution in [0.1, 0.15) is 22.3 Å². The van der Waals surface area contributed by atoms with Crippen LogP contribution < -0.4 is 10.6 Å². The summed E-state index contributed by atoms with van der Waals surface area (Å²) in [5, 5.41) is 6.86. The topological polar surface area (TPSA) is 47.6 Å². The van der Waals surface area contributed by atoms with Crippen molar-refractivity contribution < 1.29 is 4.79 Å². The minimum absolute atomic E-state index is 0.178. The molecular formula is C22H27ClN4O. The molecule has 2 aliphatic rings. The van der Waals surface area contributed by atoms with Crippen molar-refractivity contribution in [2.75, 3.05) is 44.6 Å². The zero-order valence-corrected chi connectivity index (χ0v) is 16.8. The molecule has 2 N–H and O–H groups in total. The fourth-order valence-electron chi connectivity index (χ4n) is 4.15. The quantitative estimate of drug-likeness (QED) is 0.812. The van der Waals surface area contributed by atoms with Gasteiger partial charge in [0.1, 0.15) is 0 Å². The van der Waals surface area contributed by atoms with Crippen LogP contribution in [0.25, 0.3) is 0 Å². The number of piperazine rings is 1. The second-order valence-electron chi connectivity index (χ2n) is 7.60. The van der Waals surface area contributed by atoms with Crippen LogP contribution in [0.4, 0.5) is 5.69 Å². The van der Waals surface area contributed by atoms with E-state index in [-0.39, 0.29) is 5.91 Å². The molecule has 1 amide bonds. The summed E-state index contributed by atoms with van der Waals surface area (Å²) in [5.74, 6) is -0.178. The van der Waals surface area contributed by atoms with Crippen molar-refractivity contribution in [2.45, 2.75) is 19.0 Å². The number of halogens is 1. The van der Waals surface area contributed by atoms with Gasteiger partial charge in [0.25, 0.3) is 5.91 Å². The van der Waals surface area contributed by atoms with Gasteiger partial charge in [0.05, 0.1) is 10.6 Å². The van der Waals surface area contributed by atoms with E-state index in [0.717, 1.165) is 51.5 Å². The second kappa shape index (κ2) is 9.05. The molecule has 148 valence electrons. The minimum atomic E-state index is -0.178. The average Bonchev–Trinajstić information content (AvgIpc) is 3.18. The predicted molar refractivity (Wildman–Crippen MR) is 114 cm³/mol. The Morgan fingerprint density at radius 1 is 1.11 bits per heavy atom. The van der Waals surface area contributed by atoms with Gasteiger partial charge in [-0.1, -0.05) is 35.9 Å². The Kier molecular flexibility index (Phi) is 6.27. The average molecular weight is 399 g/mol. The lowest BCUT2D eigenvalue weighted by molar-refractivity contribution is 0.102. The molecule has 4 rings (SSSR count). The summed E-state index contributed by atoms with van der Waals surface area (Å²) in [4.78, 5) is 17.6. The molecule has 2 saturated heterocycles. The van der Waals surface area contributed by atoms with Crippen LogP contribution >= 0.6 is 11.6 Å². The predicted octanol–water partition coefficient (Wildman–Crippen LogP) is 3.07. The van der Waals surface area contributed by atoms with Gasteiger partial charge in [0, 0.05) is 57.5 Å². The molecule has 2 fully saturated rings. The third kappa shape index (κ3) is 4.73. The highest BCUT2D eigenvalue weighted by molar-refractivity contribution is 6.34. The Hall–Kier alpha value is -1.92. The Labute approximate surface area is 171 Å². The summed E-state index contributed by atoms with van der Waals surface area (Å²) in [6.07, 6.45) is 1.24. The molecule has 1 unspecified atom stereocenters. The van der Waals surface area contributed by atoms with E-state index in [1.165, 1.54) is 12.0 Å². The first-order valence-electron chi connectivity index (χ1n) is 10.0. The fraction of sp³-hybridized carbons (Fsp3) is 0.409. The summed E-state index contributed by atoms with van der Waals surface area (Å²) < 4.78 is 0. The van der Waals surface area contributed by atoms with E-state index in [0.29, 0.717) is 16.6 Å². The molecule has 6 heteroatoms. The number of amides is 1. The van der Waals surface area contributed by atoms with Gasteiger partial charge in [-0.3, -0.25) is 14.6 Å². The monoisotopic (exact) mass is 398 g/mol. The molecule has 0 bridgehead atoms.